The van der Waals surface area contributed by atoms with Crippen LogP contribution in [0, 0.1) is 13.8 Å². The Kier molecular flexibility index (Phi) is 5.62. The predicted molar refractivity (Wildman–Crippen MR) is 114 cm³/mol. The Morgan fingerprint density at radius 3 is 2.46 bits per heavy atom. The van der Waals surface area contributed by atoms with E-state index in [0.29, 0.717) is 10.6 Å². The van der Waals surface area contributed by atoms with E-state index in [1.54, 1.807) is 31.3 Å². The van der Waals surface area contributed by atoms with Crippen LogP contribution in [0.2, 0.25) is 5.02 Å². The monoisotopic (exact) mass is 414 g/mol. The molecular weight excluding hydrogens is 392 g/mol. The number of aromatic nitrogens is 1. The summed E-state index contributed by atoms with van der Waals surface area (Å²) >= 11 is 6.11. The van der Waals surface area contributed by atoms with Crippen LogP contribution in [0.25, 0.3) is 11.1 Å². The second kappa shape index (κ2) is 7.66. The van der Waals surface area contributed by atoms with Gasteiger partial charge < -0.3 is 0 Å². The van der Waals surface area contributed by atoms with Gasteiger partial charge in [-0.2, -0.15) is 0 Å². The second-order valence-electron chi connectivity index (χ2n) is 7.36. The first-order valence-electron chi connectivity index (χ1n) is 8.92. The van der Waals surface area contributed by atoms with Crippen LogP contribution in [0.1, 0.15) is 30.5 Å². The van der Waals surface area contributed by atoms with Gasteiger partial charge in [0.05, 0.1) is 10.4 Å². The molecule has 4 nitrogen and oxygen atoms in total. The van der Waals surface area contributed by atoms with Gasteiger partial charge in [0.25, 0.3) is 0 Å². The molecule has 0 atom stereocenters. The van der Waals surface area contributed by atoms with Gasteiger partial charge in [-0.15, -0.1) is 0 Å². The molecule has 1 N–H and O–H groups in total. The number of sulfonamides is 1. The number of benzene rings is 2. The number of hydrogen-bond acceptors (Lipinski definition) is 3. The first kappa shape index (κ1) is 20.5. The summed E-state index contributed by atoms with van der Waals surface area (Å²) in [6.07, 6.45) is 3.57. The van der Waals surface area contributed by atoms with Gasteiger partial charge in [0.2, 0.25) is 10.0 Å². The molecule has 0 saturated carbocycles. The summed E-state index contributed by atoms with van der Waals surface area (Å²) < 4.78 is 28.9. The molecule has 3 rings (SSSR count). The van der Waals surface area contributed by atoms with E-state index in [9.17, 15) is 8.42 Å². The fourth-order valence-electron chi connectivity index (χ4n) is 3.20. The van der Waals surface area contributed by atoms with Crippen molar-refractivity contribution in [3.63, 3.8) is 0 Å². The smallest absolute Gasteiger partial charge is 0.241 e. The van der Waals surface area contributed by atoms with Crippen molar-refractivity contribution < 1.29 is 8.42 Å². The molecule has 0 aliphatic heterocycles. The highest BCUT2D eigenvalue weighted by Crippen LogP contribution is 2.30. The Balaban J connectivity index is 1.98. The molecule has 1 heterocycles. The third kappa shape index (κ3) is 4.12. The first-order valence-corrected chi connectivity index (χ1v) is 10.8. The predicted octanol–water partition coefficient (Wildman–Crippen LogP) is 5.23. The van der Waals surface area contributed by atoms with Crippen LogP contribution in [-0.2, 0) is 15.6 Å². The van der Waals surface area contributed by atoms with Gasteiger partial charge in [-0.1, -0.05) is 35.9 Å². The van der Waals surface area contributed by atoms with Gasteiger partial charge in [-0.25, -0.2) is 13.1 Å². The van der Waals surface area contributed by atoms with Crippen molar-refractivity contribution in [1.29, 1.82) is 0 Å². The number of rotatable bonds is 5. The molecule has 3 aromatic rings. The number of halogens is 1. The van der Waals surface area contributed by atoms with E-state index in [2.05, 4.69) is 9.71 Å². The van der Waals surface area contributed by atoms with E-state index in [0.717, 1.165) is 22.3 Å². The summed E-state index contributed by atoms with van der Waals surface area (Å²) in [4.78, 5) is 4.33. The van der Waals surface area contributed by atoms with Crippen molar-refractivity contribution in [3.05, 3.63) is 82.6 Å². The molecule has 0 aliphatic rings. The molecule has 146 valence electrons. The summed E-state index contributed by atoms with van der Waals surface area (Å²) in [5, 5.41) is 0.427. The Morgan fingerprint density at radius 2 is 1.75 bits per heavy atom. The summed E-state index contributed by atoms with van der Waals surface area (Å²) in [6, 6.07) is 14.7. The molecular formula is C22H23ClN2O2S. The highest BCUT2D eigenvalue weighted by Gasteiger charge is 2.29. The van der Waals surface area contributed by atoms with E-state index in [1.165, 1.54) is 0 Å². The third-order valence-electron chi connectivity index (χ3n) is 4.81. The Morgan fingerprint density at radius 1 is 1.04 bits per heavy atom. The summed E-state index contributed by atoms with van der Waals surface area (Å²) in [5.74, 6) is 0. The van der Waals surface area contributed by atoms with E-state index in [4.69, 9.17) is 11.6 Å². The summed E-state index contributed by atoms with van der Waals surface area (Å²) in [6.45, 7) is 7.41. The minimum absolute atomic E-state index is 0.189. The fraction of sp³-hybridized carbons (Fsp3) is 0.227. The molecule has 0 aliphatic carbocycles. The number of nitrogens with one attached hydrogen (secondary N) is 1. The number of aryl methyl sites for hydroxylation is 1. The standard InChI is InChI=1S/C22H23ClN2O2S/c1-15-14-24-12-11-19(15)17-7-5-8-18(13-17)22(3,4)25-28(26,27)21-10-6-9-20(23)16(21)2/h5-14,25H,1-4H3. The topological polar surface area (TPSA) is 59.1 Å². The van der Waals surface area contributed by atoms with Crippen molar-refractivity contribution in [1.82, 2.24) is 9.71 Å². The van der Waals surface area contributed by atoms with Gasteiger partial charge in [0, 0.05) is 17.4 Å². The molecule has 0 amide bonds. The molecule has 0 radical (unpaired) electrons. The molecule has 0 spiro atoms. The molecule has 0 fully saturated rings. The Hall–Kier alpha value is -2.21. The summed E-state index contributed by atoms with van der Waals surface area (Å²) in [7, 11) is -3.75. The van der Waals surface area contributed by atoms with Crippen molar-refractivity contribution in [2.75, 3.05) is 0 Å². The van der Waals surface area contributed by atoms with Gasteiger partial charge in [0.15, 0.2) is 0 Å². The van der Waals surface area contributed by atoms with Gasteiger partial charge in [-0.05, 0) is 79.8 Å². The van der Waals surface area contributed by atoms with Gasteiger partial charge in [-0.3, -0.25) is 4.98 Å². The van der Waals surface area contributed by atoms with Crippen LogP contribution in [0.15, 0.2) is 65.8 Å². The van der Waals surface area contributed by atoms with E-state index in [1.807, 2.05) is 57.3 Å². The van der Waals surface area contributed by atoms with Crippen LogP contribution in [0.5, 0.6) is 0 Å². The maximum atomic E-state index is 13.0. The quantitative estimate of drug-likeness (QED) is 0.621. The van der Waals surface area contributed by atoms with Crippen LogP contribution in [-0.4, -0.2) is 13.4 Å². The minimum Gasteiger partial charge on any atom is -0.264 e. The maximum Gasteiger partial charge on any atom is 0.241 e. The fourth-order valence-corrected chi connectivity index (χ4v) is 5.10. The van der Waals surface area contributed by atoms with Crippen molar-refractivity contribution in [3.8, 4) is 11.1 Å². The average molecular weight is 415 g/mol. The Bertz CT molecular complexity index is 1120. The first-order chi connectivity index (χ1) is 13.1. The molecule has 0 saturated heterocycles. The van der Waals surface area contributed by atoms with Crippen LogP contribution in [0.4, 0.5) is 0 Å². The largest absolute Gasteiger partial charge is 0.264 e. The normalized spacial score (nSPS) is 12.2. The molecule has 1 aromatic heterocycles. The second-order valence-corrected chi connectivity index (χ2v) is 9.42. The Labute approximate surface area is 171 Å². The zero-order valence-corrected chi connectivity index (χ0v) is 17.9. The van der Waals surface area contributed by atoms with Crippen molar-refractivity contribution in [2.24, 2.45) is 0 Å². The number of hydrogen-bond donors (Lipinski definition) is 1. The van der Waals surface area contributed by atoms with E-state index >= 15 is 0 Å². The maximum absolute atomic E-state index is 13.0. The van der Waals surface area contributed by atoms with E-state index in [-0.39, 0.29) is 4.90 Å². The number of nitrogens with zero attached hydrogens (tertiary/aromatic N) is 1. The highest BCUT2D eigenvalue weighted by molar-refractivity contribution is 7.89. The van der Waals surface area contributed by atoms with Crippen LogP contribution < -0.4 is 4.72 Å². The molecule has 2 aromatic carbocycles. The van der Waals surface area contributed by atoms with Crippen LogP contribution in [0.3, 0.4) is 0 Å². The lowest BCUT2D eigenvalue weighted by molar-refractivity contribution is 0.472. The lowest BCUT2D eigenvalue weighted by atomic mass is 9.92. The lowest BCUT2D eigenvalue weighted by Crippen LogP contribution is -2.41. The zero-order valence-electron chi connectivity index (χ0n) is 16.3. The van der Waals surface area contributed by atoms with Crippen LogP contribution >= 0.6 is 11.6 Å². The molecule has 0 unspecified atom stereocenters. The van der Waals surface area contributed by atoms with Gasteiger partial charge >= 0.3 is 0 Å². The molecule has 6 heteroatoms. The third-order valence-corrected chi connectivity index (χ3v) is 7.02. The SMILES string of the molecule is Cc1cnccc1-c1cccc(C(C)(C)NS(=O)(=O)c2cccc(Cl)c2C)c1. The zero-order chi connectivity index (χ0) is 20.5. The van der Waals surface area contributed by atoms with Gasteiger partial charge in [0.1, 0.15) is 0 Å². The number of pyridine rings is 1. The average Bonchev–Trinajstić information content (AvgIpc) is 2.63. The van der Waals surface area contributed by atoms with Crippen molar-refractivity contribution in [2.45, 2.75) is 38.1 Å². The molecule has 28 heavy (non-hydrogen) atoms. The van der Waals surface area contributed by atoms with Crippen molar-refractivity contribution >= 4 is 21.6 Å². The molecule has 0 bridgehead atoms. The summed E-state index contributed by atoms with van der Waals surface area (Å²) in [5.41, 5.74) is 3.74. The minimum atomic E-state index is -3.75. The highest BCUT2D eigenvalue weighted by atomic mass is 35.5. The lowest BCUT2D eigenvalue weighted by Gasteiger charge is -2.27. The van der Waals surface area contributed by atoms with E-state index < -0.39 is 15.6 Å².